The van der Waals surface area contributed by atoms with Crippen LogP contribution in [0.5, 0.6) is 11.5 Å². The van der Waals surface area contributed by atoms with Crippen LogP contribution < -0.4 is 20.2 Å². The van der Waals surface area contributed by atoms with Gasteiger partial charge in [0, 0.05) is 6.20 Å². The molecule has 23 heavy (non-hydrogen) atoms. The van der Waals surface area contributed by atoms with Crippen molar-refractivity contribution >= 4 is 23.8 Å². The first kappa shape index (κ1) is 14.5. The van der Waals surface area contributed by atoms with E-state index in [1.54, 1.807) is 36.4 Å². The molecule has 0 spiro atoms. The smallest absolute Gasteiger partial charge is 0.329 e. The van der Waals surface area contributed by atoms with Gasteiger partial charge in [-0.1, -0.05) is 6.07 Å². The number of fused-ring (bicyclic) bond motifs is 1. The van der Waals surface area contributed by atoms with E-state index in [1.807, 2.05) is 0 Å². The van der Waals surface area contributed by atoms with Crippen LogP contribution in [0.1, 0.15) is 5.56 Å². The molecule has 0 aliphatic carbocycles. The summed E-state index contributed by atoms with van der Waals surface area (Å²) in [7, 11) is 0. The van der Waals surface area contributed by atoms with Crippen LogP contribution in [-0.2, 0) is 9.59 Å². The van der Waals surface area contributed by atoms with Gasteiger partial charge in [-0.25, -0.2) is 10.4 Å². The number of rotatable bonds is 3. The average molecular weight is 312 g/mol. The Balaban J connectivity index is 1.55. The number of hydrogen-bond donors (Lipinski definition) is 2. The zero-order chi connectivity index (χ0) is 16.1. The van der Waals surface area contributed by atoms with Gasteiger partial charge in [0.2, 0.25) is 6.79 Å². The van der Waals surface area contributed by atoms with Crippen LogP contribution in [0.3, 0.4) is 0 Å². The third-order valence-electron chi connectivity index (χ3n) is 2.89. The number of hydrazone groups is 1. The van der Waals surface area contributed by atoms with Crippen molar-refractivity contribution in [3.63, 3.8) is 0 Å². The van der Waals surface area contributed by atoms with Gasteiger partial charge in [0.1, 0.15) is 5.82 Å². The van der Waals surface area contributed by atoms with Crippen molar-refractivity contribution in [1.82, 2.24) is 10.4 Å². The van der Waals surface area contributed by atoms with Gasteiger partial charge in [-0.3, -0.25) is 9.59 Å². The first-order chi connectivity index (χ1) is 11.2. The quantitative estimate of drug-likeness (QED) is 0.498. The third-order valence-corrected chi connectivity index (χ3v) is 2.89. The largest absolute Gasteiger partial charge is 0.454 e. The van der Waals surface area contributed by atoms with Crippen LogP contribution in [-0.4, -0.2) is 29.8 Å². The molecule has 1 aromatic carbocycles. The Hall–Kier alpha value is -3.42. The highest BCUT2D eigenvalue weighted by atomic mass is 16.7. The lowest BCUT2D eigenvalue weighted by Gasteiger charge is -2.02. The second-order valence-electron chi connectivity index (χ2n) is 4.48. The van der Waals surface area contributed by atoms with E-state index in [-0.39, 0.29) is 12.6 Å². The van der Waals surface area contributed by atoms with E-state index in [2.05, 4.69) is 20.8 Å². The standard InChI is InChI=1S/C15H12N4O4/c20-14(18-13-3-1-2-6-16-13)15(21)19-17-8-10-4-5-11-12(7-10)23-9-22-11/h1-8H,9H2,(H,19,21)(H,16,18,20)/b17-8+. The number of ether oxygens (including phenoxy) is 2. The molecule has 0 saturated heterocycles. The van der Waals surface area contributed by atoms with Crippen molar-refractivity contribution in [2.45, 2.75) is 0 Å². The predicted octanol–water partition coefficient (Wildman–Crippen LogP) is 0.899. The molecule has 0 saturated carbocycles. The molecule has 0 unspecified atom stereocenters. The van der Waals surface area contributed by atoms with Crippen molar-refractivity contribution in [1.29, 1.82) is 0 Å². The molecule has 3 rings (SSSR count). The van der Waals surface area contributed by atoms with Crippen LogP contribution in [0.4, 0.5) is 5.82 Å². The monoisotopic (exact) mass is 312 g/mol. The average Bonchev–Trinajstić information content (AvgIpc) is 3.03. The first-order valence-corrected chi connectivity index (χ1v) is 6.67. The molecular formula is C15H12N4O4. The first-order valence-electron chi connectivity index (χ1n) is 6.67. The summed E-state index contributed by atoms with van der Waals surface area (Å²) in [6.45, 7) is 0.181. The minimum absolute atomic E-state index is 0.181. The van der Waals surface area contributed by atoms with Gasteiger partial charge >= 0.3 is 11.8 Å². The number of anilines is 1. The van der Waals surface area contributed by atoms with E-state index < -0.39 is 11.8 Å². The summed E-state index contributed by atoms with van der Waals surface area (Å²) in [4.78, 5) is 27.1. The molecule has 116 valence electrons. The van der Waals surface area contributed by atoms with Gasteiger partial charge in [-0.15, -0.1) is 0 Å². The molecule has 1 aliphatic heterocycles. The lowest BCUT2D eigenvalue weighted by atomic mass is 10.2. The molecule has 0 atom stereocenters. The van der Waals surface area contributed by atoms with Gasteiger partial charge < -0.3 is 14.8 Å². The Bertz CT molecular complexity index is 761. The van der Waals surface area contributed by atoms with E-state index in [1.165, 1.54) is 12.4 Å². The predicted molar refractivity (Wildman–Crippen MR) is 81.2 cm³/mol. The number of hydrogen-bond acceptors (Lipinski definition) is 6. The Morgan fingerprint density at radius 3 is 2.83 bits per heavy atom. The highest BCUT2D eigenvalue weighted by Crippen LogP contribution is 2.31. The number of carbonyl (C=O) groups excluding carboxylic acids is 2. The molecule has 1 aliphatic rings. The van der Waals surface area contributed by atoms with E-state index in [0.717, 1.165) is 0 Å². The normalized spacial score (nSPS) is 12.2. The molecular weight excluding hydrogens is 300 g/mol. The van der Waals surface area contributed by atoms with E-state index in [9.17, 15) is 9.59 Å². The highest BCUT2D eigenvalue weighted by Gasteiger charge is 2.14. The molecule has 0 radical (unpaired) electrons. The van der Waals surface area contributed by atoms with Crippen LogP contribution in [0.2, 0.25) is 0 Å². The Morgan fingerprint density at radius 1 is 1.13 bits per heavy atom. The van der Waals surface area contributed by atoms with Crippen molar-refractivity contribution in [2.24, 2.45) is 5.10 Å². The Morgan fingerprint density at radius 2 is 2.00 bits per heavy atom. The van der Waals surface area contributed by atoms with Gasteiger partial charge in [0.25, 0.3) is 0 Å². The molecule has 1 aromatic heterocycles. The zero-order valence-corrected chi connectivity index (χ0v) is 11.9. The zero-order valence-electron chi connectivity index (χ0n) is 11.9. The number of nitrogens with zero attached hydrogens (tertiary/aromatic N) is 2. The van der Waals surface area contributed by atoms with Crippen molar-refractivity contribution in [3.05, 3.63) is 48.2 Å². The maximum atomic E-state index is 11.6. The van der Waals surface area contributed by atoms with Crippen molar-refractivity contribution in [3.8, 4) is 11.5 Å². The lowest BCUT2D eigenvalue weighted by Crippen LogP contribution is -2.32. The Labute approximate surface area is 131 Å². The van der Waals surface area contributed by atoms with E-state index in [0.29, 0.717) is 17.1 Å². The molecule has 8 heteroatoms. The minimum atomic E-state index is -0.896. The van der Waals surface area contributed by atoms with Gasteiger partial charge in [0.15, 0.2) is 11.5 Å². The van der Waals surface area contributed by atoms with Gasteiger partial charge in [-0.2, -0.15) is 5.10 Å². The molecule has 2 aromatic rings. The summed E-state index contributed by atoms with van der Waals surface area (Å²) in [5.74, 6) is -0.208. The summed E-state index contributed by atoms with van der Waals surface area (Å²) in [6.07, 6.45) is 2.90. The highest BCUT2D eigenvalue weighted by molar-refractivity contribution is 6.39. The van der Waals surface area contributed by atoms with E-state index in [4.69, 9.17) is 9.47 Å². The fraction of sp³-hybridized carbons (Fsp3) is 0.0667. The fourth-order valence-electron chi connectivity index (χ4n) is 1.82. The summed E-state index contributed by atoms with van der Waals surface area (Å²) < 4.78 is 10.4. The number of nitrogens with one attached hydrogen (secondary N) is 2. The summed E-state index contributed by atoms with van der Waals surface area (Å²) >= 11 is 0. The molecule has 0 bridgehead atoms. The van der Waals surface area contributed by atoms with Crippen LogP contribution in [0, 0.1) is 0 Å². The molecule has 2 amide bonds. The molecule has 0 fully saturated rings. The molecule has 2 N–H and O–H groups in total. The SMILES string of the molecule is O=C(N/N=C/c1ccc2c(c1)OCO2)C(=O)Nc1ccccn1. The maximum Gasteiger partial charge on any atom is 0.329 e. The number of pyridine rings is 1. The van der Waals surface area contributed by atoms with Crippen LogP contribution in [0.25, 0.3) is 0 Å². The second-order valence-corrected chi connectivity index (χ2v) is 4.48. The van der Waals surface area contributed by atoms with Crippen molar-refractivity contribution < 1.29 is 19.1 Å². The summed E-state index contributed by atoms with van der Waals surface area (Å²) in [5, 5.41) is 6.08. The lowest BCUT2D eigenvalue weighted by molar-refractivity contribution is -0.136. The van der Waals surface area contributed by atoms with Gasteiger partial charge in [-0.05, 0) is 35.9 Å². The van der Waals surface area contributed by atoms with Gasteiger partial charge in [0.05, 0.1) is 6.21 Å². The van der Waals surface area contributed by atoms with Crippen LogP contribution >= 0.6 is 0 Å². The fourth-order valence-corrected chi connectivity index (χ4v) is 1.82. The number of benzene rings is 1. The molecule has 8 nitrogen and oxygen atoms in total. The van der Waals surface area contributed by atoms with E-state index >= 15 is 0 Å². The molecule has 2 heterocycles. The summed E-state index contributed by atoms with van der Waals surface area (Å²) in [6, 6.07) is 10.2. The number of aromatic nitrogens is 1. The van der Waals surface area contributed by atoms with Crippen molar-refractivity contribution in [2.75, 3.05) is 12.1 Å². The maximum absolute atomic E-state index is 11.6. The number of amides is 2. The third kappa shape index (κ3) is 3.62. The Kier molecular flexibility index (Phi) is 4.14. The topological polar surface area (TPSA) is 102 Å². The second kappa shape index (κ2) is 6.56. The summed E-state index contributed by atoms with van der Waals surface area (Å²) in [5.41, 5.74) is 2.83. The minimum Gasteiger partial charge on any atom is -0.454 e. The van der Waals surface area contributed by atoms with Crippen LogP contribution in [0.15, 0.2) is 47.7 Å². The number of carbonyl (C=O) groups is 2.